The molecule has 1 aromatic rings. The minimum atomic E-state index is -0.765. The fraction of sp³-hybridized carbons (Fsp3) is 0.562. The molecule has 2 rings (SSSR count). The number of piperidine rings is 1. The molecule has 1 amide bonds. The molecule has 1 aromatic carbocycles. The van der Waals surface area contributed by atoms with Gasteiger partial charge in [0.05, 0.1) is 5.54 Å². The summed E-state index contributed by atoms with van der Waals surface area (Å²) in [5.74, 6) is 1.08. The first-order valence-corrected chi connectivity index (χ1v) is 7.03. The Morgan fingerprint density at radius 3 is 2.47 bits per heavy atom. The van der Waals surface area contributed by atoms with E-state index >= 15 is 0 Å². The van der Waals surface area contributed by atoms with Gasteiger partial charge in [0.15, 0.2) is 0 Å². The zero-order chi connectivity index (χ0) is 14.0. The van der Waals surface area contributed by atoms with Crippen molar-refractivity contribution in [2.45, 2.75) is 38.6 Å². The number of carbonyl (C=O) groups excluding carboxylic acids is 1. The second kappa shape index (κ2) is 5.33. The van der Waals surface area contributed by atoms with Crippen molar-refractivity contribution in [3.8, 4) is 0 Å². The highest BCUT2D eigenvalue weighted by Gasteiger charge is 2.34. The van der Waals surface area contributed by atoms with E-state index in [1.165, 1.54) is 5.56 Å². The third-order valence-electron chi connectivity index (χ3n) is 3.97. The van der Waals surface area contributed by atoms with E-state index in [0.29, 0.717) is 11.8 Å². The standard InChI is InChI=1S/C16H24N2O/c1-12-11-18(15(19)16(2,3)17)10-9-14(12)13-7-5-4-6-8-13/h4-8,12,14H,9-11,17H2,1-3H3. The average molecular weight is 260 g/mol. The molecule has 0 saturated carbocycles. The molecule has 2 unspecified atom stereocenters. The van der Waals surface area contributed by atoms with Gasteiger partial charge < -0.3 is 10.6 Å². The van der Waals surface area contributed by atoms with Crippen LogP contribution in [0.15, 0.2) is 30.3 Å². The predicted octanol–water partition coefficient (Wildman–Crippen LogP) is 2.38. The lowest BCUT2D eigenvalue weighted by Crippen LogP contribution is -2.54. The quantitative estimate of drug-likeness (QED) is 0.887. The molecule has 1 aliphatic heterocycles. The molecule has 1 heterocycles. The molecule has 2 atom stereocenters. The van der Waals surface area contributed by atoms with Crippen molar-refractivity contribution < 1.29 is 4.79 Å². The lowest BCUT2D eigenvalue weighted by molar-refractivity contribution is -0.137. The first-order valence-electron chi connectivity index (χ1n) is 7.03. The lowest BCUT2D eigenvalue weighted by Gasteiger charge is -2.39. The van der Waals surface area contributed by atoms with E-state index in [2.05, 4.69) is 31.2 Å². The van der Waals surface area contributed by atoms with Crippen LogP contribution in [0.1, 0.15) is 38.7 Å². The van der Waals surface area contributed by atoms with Crippen LogP contribution in [0.5, 0.6) is 0 Å². The number of rotatable bonds is 2. The summed E-state index contributed by atoms with van der Waals surface area (Å²) < 4.78 is 0. The summed E-state index contributed by atoms with van der Waals surface area (Å²) in [4.78, 5) is 14.1. The minimum Gasteiger partial charge on any atom is -0.341 e. The fourth-order valence-electron chi connectivity index (χ4n) is 2.93. The molecule has 3 heteroatoms. The molecule has 19 heavy (non-hydrogen) atoms. The van der Waals surface area contributed by atoms with E-state index < -0.39 is 5.54 Å². The van der Waals surface area contributed by atoms with Crippen molar-refractivity contribution >= 4 is 5.91 Å². The van der Waals surface area contributed by atoms with Crippen molar-refractivity contribution in [3.05, 3.63) is 35.9 Å². The summed E-state index contributed by atoms with van der Waals surface area (Å²) in [5, 5.41) is 0. The maximum absolute atomic E-state index is 12.2. The van der Waals surface area contributed by atoms with Gasteiger partial charge >= 0.3 is 0 Å². The van der Waals surface area contributed by atoms with Gasteiger partial charge in [-0.3, -0.25) is 4.79 Å². The lowest BCUT2D eigenvalue weighted by atomic mass is 9.81. The monoisotopic (exact) mass is 260 g/mol. The Hall–Kier alpha value is -1.35. The molecule has 104 valence electrons. The Bertz CT molecular complexity index is 436. The number of carbonyl (C=O) groups is 1. The van der Waals surface area contributed by atoms with Crippen LogP contribution < -0.4 is 5.73 Å². The third kappa shape index (κ3) is 3.16. The van der Waals surface area contributed by atoms with E-state index in [1.807, 2.05) is 11.0 Å². The maximum atomic E-state index is 12.2. The van der Waals surface area contributed by atoms with Gasteiger partial charge in [-0.1, -0.05) is 37.3 Å². The van der Waals surface area contributed by atoms with Crippen LogP contribution >= 0.6 is 0 Å². The predicted molar refractivity (Wildman–Crippen MR) is 77.8 cm³/mol. The van der Waals surface area contributed by atoms with E-state index in [0.717, 1.165) is 19.5 Å². The molecule has 0 bridgehead atoms. The summed E-state index contributed by atoms with van der Waals surface area (Å²) in [6, 6.07) is 10.6. The van der Waals surface area contributed by atoms with Gasteiger partial charge in [0.1, 0.15) is 0 Å². The molecule has 1 fully saturated rings. The minimum absolute atomic E-state index is 0.0610. The summed E-state index contributed by atoms with van der Waals surface area (Å²) in [7, 11) is 0. The number of benzene rings is 1. The van der Waals surface area contributed by atoms with E-state index in [9.17, 15) is 4.79 Å². The molecule has 1 saturated heterocycles. The van der Waals surface area contributed by atoms with E-state index in [1.54, 1.807) is 13.8 Å². The number of nitrogens with zero attached hydrogens (tertiary/aromatic N) is 1. The Morgan fingerprint density at radius 1 is 1.32 bits per heavy atom. The molecule has 1 aliphatic rings. The van der Waals surface area contributed by atoms with Crippen LogP contribution in [-0.4, -0.2) is 29.4 Å². The van der Waals surface area contributed by atoms with Crippen LogP contribution in [0.3, 0.4) is 0 Å². The Morgan fingerprint density at radius 2 is 1.95 bits per heavy atom. The number of hydrogen-bond acceptors (Lipinski definition) is 2. The highest BCUT2D eigenvalue weighted by atomic mass is 16.2. The van der Waals surface area contributed by atoms with Gasteiger partial charge in [0, 0.05) is 13.1 Å². The smallest absolute Gasteiger partial charge is 0.242 e. The van der Waals surface area contributed by atoms with Gasteiger partial charge in [-0.2, -0.15) is 0 Å². The van der Waals surface area contributed by atoms with Gasteiger partial charge in [-0.25, -0.2) is 0 Å². The van der Waals surface area contributed by atoms with Crippen LogP contribution in [0, 0.1) is 5.92 Å². The van der Waals surface area contributed by atoms with Gasteiger partial charge in [-0.05, 0) is 37.7 Å². The fourth-order valence-corrected chi connectivity index (χ4v) is 2.93. The number of likely N-dealkylation sites (tertiary alicyclic amines) is 1. The molecular weight excluding hydrogens is 236 g/mol. The molecule has 3 nitrogen and oxygen atoms in total. The molecule has 0 radical (unpaired) electrons. The van der Waals surface area contributed by atoms with Crippen LogP contribution in [-0.2, 0) is 4.79 Å². The summed E-state index contributed by atoms with van der Waals surface area (Å²) in [6.07, 6.45) is 1.02. The molecule has 0 spiro atoms. The zero-order valence-electron chi connectivity index (χ0n) is 12.1. The van der Waals surface area contributed by atoms with Crippen molar-refractivity contribution in [1.82, 2.24) is 4.90 Å². The average Bonchev–Trinajstić information content (AvgIpc) is 2.37. The Labute approximate surface area is 115 Å². The van der Waals surface area contributed by atoms with Gasteiger partial charge in [0.25, 0.3) is 0 Å². The largest absolute Gasteiger partial charge is 0.341 e. The second-order valence-corrected chi connectivity index (χ2v) is 6.26. The Kier molecular flexibility index (Phi) is 3.95. The second-order valence-electron chi connectivity index (χ2n) is 6.26. The highest BCUT2D eigenvalue weighted by molar-refractivity contribution is 5.85. The molecule has 2 N–H and O–H groups in total. The van der Waals surface area contributed by atoms with Crippen molar-refractivity contribution in [2.24, 2.45) is 11.7 Å². The number of nitrogens with two attached hydrogens (primary N) is 1. The Balaban J connectivity index is 2.05. The van der Waals surface area contributed by atoms with Crippen LogP contribution in [0.25, 0.3) is 0 Å². The van der Waals surface area contributed by atoms with Crippen LogP contribution in [0.4, 0.5) is 0 Å². The first kappa shape index (κ1) is 14.1. The molecule has 0 aromatic heterocycles. The van der Waals surface area contributed by atoms with Crippen molar-refractivity contribution in [1.29, 1.82) is 0 Å². The number of hydrogen-bond donors (Lipinski definition) is 1. The normalized spacial score (nSPS) is 24.3. The van der Waals surface area contributed by atoms with Crippen molar-refractivity contribution in [2.75, 3.05) is 13.1 Å². The van der Waals surface area contributed by atoms with Crippen molar-refractivity contribution in [3.63, 3.8) is 0 Å². The van der Waals surface area contributed by atoms with Gasteiger partial charge in [0.2, 0.25) is 5.91 Å². The van der Waals surface area contributed by atoms with Crippen LogP contribution in [0.2, 0.25) is 0 Å². The topological polar surface area (TPSA) is 46.3 Å². The summed E-state index contributed by atoms with van der Waals surface area (Å²) >= 11 is 0. The summed E-state index contributed by atoms with van der Waals surface area (Å²) in [5.41, 5.74) is 6.53. The molecular formula is C16H24N2O. The third-order valence-corrected chi connectivity index (χ3v) is 3.97. The molecule has 0 aliphatic carbocycles. The maximum Gasteiger partial charge on any atom is 0.242 e. The zero-order valence-corrected chi connectivity index (χ0v) is 12.1. The highest BCUT2D eigenvalue weighted by Crippen LogP contribution is 2.33. The summed E-state index contributed by atoms with van der Waals surface area (Å²) in [6.45, 7) is 7.40. The van der Waals surface area contributed by atoms with E-state index in [4.69, 9.17) is 5.73 Å². The van der Waals surface area contributed by atoms with Gasteiger partial charge in [-0.15, -0.1) is 0 Å². The SMILES string of the molecule is CC1CN(C(=O)C(C)(C)N)CCC1c1ccccc1. The van der Waals surface area contributed by atoms with E-state index in [-0.39, 0.29) is 5.91 Å². The first-order chi connectivity index (χ1) is 8.89. The number of amides is 1.